The Morgan fingerprint density at radius 1 is 1.22 bits per heavy atom. The lowest BCUT2D eigenvalue weighted by atomic mass is 9.81. The molecule has 1 saturated carbocycles. The summed E-state index contributed by atoms with van der Waals surface area (Å²) in [5.41, 5.74) is 1.51. The minimum atomic E-state index is 0.452. The topological polar surface area (TPSA) is 12.0 Å². The molecule has 2 rings (SSSR count). The van der Waals surface area contributed by atoms with Gasteiger partial charge in [-0.1, -0.05) is 30.3 Å². The number of terminal acetylenes is 1. The van der Waals surface area contributed by atoms with Crippen molar-refractivity contribution in [1.82, 2.24) is 5.32 Å². The number of benzene rings is 1. The molecule has 1 aliphatic rings. The lowest BCUT2D eigenvalue weighted by Gasteiger charge is -2.31. The van der Waals surface area contributed by atoms with E-state index in [9.17, 15) is 0 Å². The number of rotatable bonds is 4. The van der Waals surface area contributed by atoms with Gasteiger partial charge in [0.2, 0.25) is 0 Å². The van der Waals surface area contributed by atoms with Crippen LogP contribution in [0.3, 0.4) is 0 Å². The van der Waals surface area contributed by atoms with Crippen molar-refractivity contribution in [2.24, 2.45) is 0 Å². The van der Waals surface area contributed by atoms with Gasteiger partial charge in [0.1, 0.15) is 0 Å². The molecule has 96 valence electrons. The highest BCUT2D eigenvalue weighted by molar-refractivity contribution is 5.20. The van der Waals surface area contributed by atoms with Gasteiger partial charge in [0.15, 0.2) is 0 Å². The van der Waals surface area contributed by atoms with Gasteiger partial charge in [-0.05, 0) is 44.1 Å². The largest absolute Gasteiger partial charge is 0.311 e. The zero-order chi connectivity index (χ0) is 12.8. The van der Waals surface area contributed by atoms with Crippen LogP contribution in [0, 0.1) is 12.3 Å². The summed E-state index contributed by atoms with van der Waals surface area (Å²) in [5, 5.41) is 3.65. The van der Waals surface area contributed by atoms with E-state index in [1.165, 1.54) is 31.2 Å². The molecule has 0 aromatic heterocycles. The van der Waals surface area contributed by atoms with Crippen LogP contribution in [-0.4, -0.2) is 12.1 Å². The van der Waals surface area contributed by atoms with Crippen LogP contribution in [0.25, 0.3) is 0 Å². The van der Waals surface area contributed by atoms with Gasteiger partial charge in [0.25, 0.3) is 0 Å². The highest BCUT2D eigenvalue weighted by Crippen LogP contribution is 2.32. The van der Waals surface area contributed by atoms with Gasteiger partial charge in [-0.2, -0.15) is 0 Å². The fraction of sp³-hybridized carbons (Fsp3) is 0.529. The highest BCUT2D eigenvalue weighted by Gasteiger charge is 2.22. The molecule has 0 aliphatic heterocycles. The first-order chi connectivity index (χ1) is 8.79. The summed E-state index contributed by atoms with van der Waals surface area (Å²) < 4.78 is 0. The Morgan fingerprint density at radius 2 is 1.89 bits per heavy atom. The fourth-order valence-corrected chi connectivity index (χ4v) is 2.96. The predicted molar refractivity (Wildman–Crippen MR) is 77.5 cm³/mol. The molecule has 1 aliphatic carbocycles. The van der Waals surface area contributed by atoms with E-state index in [1.54, 1.807) is 0 Å². The normalized spacial score (nSPS) is 25.3. The Morgan fingerprint density at radius 3 is 2.50 bits per heavy atom. The van der Waals surface area contributed by atoms with Crippen LogP contribution in [0.1, 0.15) is 50.5 Å². The van der Waals surface area contributed by atoms with E-state index < -0.39 is 0 Å². The molecule has 1 atom stereocenters. The van der Waals surface area contributed by atoms with Crippen molar-refractivity contribution in [2.45, 2.75) is 57.0 Å². The monoisotopic (exact) mass is 241 g/mol. The van der Waals surface area contributed by atoms with Crippen LogP contribution in [0.5, 0.6) is 0 Å². The van der Waals surface area contributed by atoms with Crippen LogP contribution in [0.15, 0.2) is 30.3 Å². The van der Waals surface area contributed by atoms with E-state index in [-0.39, 0.29) is 0 Å². The first-order valence-corrected chi connectivity index (χ1v) is 7.04. The first-order valence-electron chi connectivity index (χ1n) is 7.04. The molecule has 1 heteroatoms. The second-order valence-corrected chi connectivity index (χ2v) is 5.44. The van der Waals surface area contributed by atoms with E-state index >= 15 is 0 Å². The highest BCUT2D eigenvalue weighted by atomic mass is 14.9. The average molecular weight is 241 g/mol. The number of nitrogens with one attached hydrogen (secondary N) is 1. The van der Waals surface area contributed by atoms with E-state index in [2.05, 4.69) is 48.5 Å². The van der Waals surface area contributed by atoms with E-state index in [4.69, 9.17) is 6.42 Å². The summed E-state index contributed by atoms with van der Waals surface area (Å²) in [6.07, 6.45) is 11.3. The second kappa shape index (κ2) is 6.61. The van der Waals surface area contributed by atoms with Crippen molar-refractivity contribution in [2.75, 3.05) is 0 Å². The molecule has 1 fully saturated rings. The lowest BCUT2D eigenvalue weighted by molar-refractivity contribution is 0.321. The molecule has 0 amide bonds. The summed E-state index contributed by atoms with van der Waals surface area (Å²) in [7, 11) is 0. The van der Waals surface area contributed by atoms with Crippen LogP contribution >= 0.6 is 0 Å². The van der Waals surface area contributed by atoms with E-state index in [0.29, 0.717) is 12.1 Å². The van der Waals surface area contributed by atoms with E-state index in [1.807, 2.05) is 0 Å². The van der Waals surface area contributed by atoms with Gasteiger partial charge in [0, 0.05) is 18.5 Å². The van der Waals surface area contributed by atoms with E-state index in [0.717, 1.165) is 12.3 Å². The predicted octanol–water partition coefficient (Wildman–Crippen LogP) is 3.71. The van der Waals surface area contributed by atoms with Crippen molar-refractivity contribution in [3.8, 4) is 12.3 Å². The van der Waals surface area contributed by atoms with Crippen molar-refractivity contribution in [3.05, 3.63) is 35.9 Å². The minimum Gasteiger partial charge on any atom is -0.311 e. The number of hydrogen-bond acceptors (Lipinski definition) is 1. The zero-order valence-electron chi connectivity index (χ0n) is 11.2. The molecule has 1 unspecified atom stereocenters. The summed E-state index contributed by atoms with van der Waals surface area (Å²) in [6, 6.07) is 12.0. The first kappa shape index (κ1) is 13.2. The number of hydrogen-bond donors (Lipinski definition) is 1. The maximum Gasteiger partial charge on any atom is 0.0238 e. The molecule has 0 saturated heterocycles. The molecule has 0 radical (unpaired) electrons. The maximum absolute atomic E-state index is 5.34. The third kappa shape index (κ3) is 3.62. The van der Waals surface area contributed by atoms with Crippen molar-refractivity contribution in [3.63, 3.8) is 0 Å². The minimum absolute atomic E-state index is 0.452. The van der Waals surface area contributed by atoms with Crippen molar-refractivity contribution < 1.29 is 0 Å². The third-order valence-electron chi connectivity index (χ3n) is 3.94. The van der Waals surface area contributed by atoms with Crippen LogP contribution < -0.4 is 5.32 Å². The molecular weight excluding hydrogens is 218 g/mol. The van der Waals surface area contributed by atoms with Crippen LogP contribution in [0.2, 0.25) is 0 Å². The smallest absolute Gasteiger partial charge is 0.0238 e. The van der Waals surface area contributed by atoms with Gasteiger partial charge in [-0.3, -0.25) is 0 Å². The van der Waals surface area contributed by atoms with Gasteiger partial charge >= 0.3 is 0 Å². The molecule has 0 heterocycles. The Labute approximate surface area is 111 Å². The average Bonchev–Trinajstić information content (AvgIpc) is 2.41. The lowest BCUT2D eigenvalue weighted by Crippen LogP contribution is -2.38. The van der Waals surface area contributed by atoms with Gasteiger partial charge in [0.05, 0.1) is 0 Å². The summed E-state index contributed by atoms with van der Waals surface area (Å²) >= 11 is 0. The Balaban J connectivity index is 1.80. The zero-order valence-corrected chi connectivity index (χ0v) is 11.2. The van der Waals surface area contributed by atoms with Crippen LogP contribution in [-0.2, 0) is 0 Å². The molecule has 18 heavy (non-hydrogen) atoms. The van der Waals surface area contributed by atoms with Crippen LogP contribution in [0.4, 0.5) is 0 Å². The molecule has 1 nitrogen and oxygen atoms in total. The fourth-order valence-electron chi connectivity index (χ4n) is 2.96. The standard InChI is InChI=1S/C17H23N/c1-3-7-14(2)18-17-12-10-16(11-13-17)15-8-5-4-6-9-15/h1,4-6,8-9,14,16-18H,7,10-13H2,2H3. The summed E-state index contributed by atoms with van der Waals surface area (Å²) in [5.74, 6) is 3.49. The third-order valence-corrected chi connectivity index (χ3v) is 3.94. The SMILES string of the molecule is C#CCC(C)NC1CCC(c2ccccc2)CC1. The molecule has 1 aromatic rings. The molecule has 0 bridgehead atoms. The maximum atomic E-state index is 5.34. The Hall–Kier alpha value is -1.26. The molecule has 0 spiro atoms. The van der Waals surface area contributed by atoms with Gasteiger partial charge in [-0.25, -0.2) is 0 Å². The summed E-state index contributed by atoms with van der Waals surface area (Å²) in [4.78, 5) is 0. The van der Waals surface area contributed by atoms with Gasteiger partial charge < -0.3 is 5.32 Å². The molecule has 1 aromatic carbocycles. The van der Waals surface area contributed by atoms with Gasteiger partial charge in [-0.15, -0.1) is 12.3 Å². The quantitative estimate of drug-likeness (QED) is 0.792. The van der Waals surface area contributed by atoms with Crippen molar-refractivity contribution >= 4 is 0 Å². The molecular formula is C17H23N. The second-order valence-electron chi connectivity index (χ2n) is 5.44. The van der Waals surface area contributed by atoms with Crippen molar-refractivity contribution in [1.29, 1.82) is 0 Å². The summed E-state index contributed by atoms with van der Waals surface area (Å²) in [6.45, 7) is 2.18. The Bertz CT molecular complexity index is 382. The molecule has 1 N–H and O–H groups in total. The Kier molecular flexibility index (Phi) is 4.84.